The Hall–Kier alpha value is -2.17. The third kappa shape index (κ3) is 3.97. The number of nitrogens with zero attached hydrogens (tertiary/aromatic N) is 2. The van der Waals surface area contributed by atoms with Crippen molar-refractivity contribution in [1.29, 1.82) is 0 Å². The first kappa shape index (κ1) is 18.6. The molecule has 0 saturated heterocycles. The molecular weight excluding hydrogens is 326 g/mol. The van der Waals surface area contributed by atoms with Crippen LogP contribution in [0.1, 0.15) is 62.9 Å². The lowest BCUT2D eigenvalue weighted by molar-refractivity contribution is -0.122. The van der Waals surface area contributed by atoms with Crippen LogP contribution in [0.15, 0.2) is 24.3 Å². The molecule has 26 heavy (non-hydrogen) atoms. The van der Waals surface area contributed by atoms with Gasteiger partial charge in [-0.2, -0.15) is 9.78 Å². The second-order valence-electron chi connectivity index (χ2n) is 7.70. The molecule has 1 aliphatic rings. The molecule has 3 rings (SSSR count). The fourth-order valence-corrected chi connectivity index (χ4v) is 3.98. The van der Waals surface area contributed by atoms with Gasteiger partial charge in [0.15, 0.2) is 0 Å². The zero-order valence-electron chi connectivity index (χ0n) is 16.0. The number of para-hydroxylation sites is 1. The van der Waals surface area contributed by atoms with Crippen molar-refractivity contribution in [2.24, 2.45) is 11.8 Å². The third-order valence-electron chi connectivity index (χ3n) is 5.86. The number of carbonyl (C=O) groups is 2. The van der Waals surface area contributed by atoms with Gasteiger partial charge in [0.2, 0.25) is 11.8 Å². The number of aromatic nitrogens is 2. The van der Waals surface area contributed by atoms with Gasteiger partial charge in [-0.15, -0.1) is 0 Å². The summed E-state index contributed by atoms with van der Waals surface area (Å²) in [5.41, 5.74) is 1.69. The molecule has 0 spiro atoms. The molecular formula is C21H29N3O2. The molecule has 1 saturated carbocycles. The average molecular weight is 355 g/mol. The summed E-state index contributed by atoms with van der Waals surface area (Å²) in [5.74, 6) is 1.19. The van der Waals surface area contributed by atoms with Crippen molar-refractivity contribution in [3.63, 3.8) is 0 Å². The van der Waals surface area contributed by atoms with Crippen molar-refractivity contribution in [2.45, 2.75) is 65.3 Å². The van der Waals surface area contributed by atoms with Crippen LogP contribution in [0.3, 0.4) is 0 Å². The first-order valence-corrected chi connectivity index (χ1v) is 9.74. The van der Waals surface area contributed by atoms with E-state index in [0.717, 1.165) is 23.0 Å². The largest absolute Gasteiger partial charge is 0.353 e. The Kier molecular flexibility index (Phi) is 5.74. The van der Waals surface area contributed by atoms with Crippen LogP contribution in [-0.4, -0.2) is 27.6 Å². The number of nitrogens with one attached hydrogen (secondary N) is 1. The first-order chi connectivity index (χ1) is 12.5. The number of benzene rings is 1. The van der Waals surface area contributed by atoms with Crippen LogP contribution in [0.4, 0.5) is 0 Å². The molecule has 1 fully saturated rings. The van der Waals surface area contributed by atoms with Crippen molar-refractivity contribution in [3.05, 3.63) is 30.0 Å². The third-order valence-corrected chi connectivity index (χ3v) is 5.86. The number of aryl methyl sites for hydroxylation is 1. The summed E-state index contributed by atoms with van der Waals surface area (Å²) >= 11 is 0. The fourth-order valence-electron chi connectivity index (χ4n) is 3.98. The number of rotatable bonds is 5. The molecule has 140 valence electrons. The lowest BCUT2D eigenvalue weighted by atomic mass is 9.78. The highest BCUT2D eigenvalue weighted by molar-refractivity contribution is 5.92. The van der Waals surface area contributed by atoms with Gasteiger partial charge in [0.1, 0.15) is 0 Å². The highest BCUT2D eigenvalue weighted by Crippen LogP contribution is 2.29. The maximum atomic E-state index is 12.5. The van der Waals surface area contributed by atoms with Gasteiger partial charge in [0, 0.05) is 24.3 Å². The maximum absolute atomic E-state index is 12.5. The van der Waals surface area contributed by atoms with Crippen molar-refractivity contribution in [1.82, 2.24) is 15.1 Å². The van der Waals surface area contributed by atoms with Gasteiger partial charge in [-0.25, -0.2) is 0 Å². The predicted octanol–water partition coefficient (Wildman–Crippen LogP) is 4.10. The molecule has 1 N–H and O–H groups in total. The normalized spacial score (nSPS) is 23.1. The van der Waals surface area contributed by atoms with E-state index in [2.05, 4.69) is 24.3 Å². The predicted molar refractivity (Wildman–Crippen MR) is 103 cm³/mol. The summed E-state index contributed by atoms with van der Waals surface area (Å²) in [6.45, 7) is 6.40. The Labute approximate surface area is 155 Å². The highest BCUT2D eigenvalue weighted by atomic mass is 16.2. The number of fused-ring (bicyclic) bond motifs is 1. The molecule has 2 aromatic rings. The smallest absolute Gasteiger partial charge is 0.247 e. The summed E-state index contributed by atoms with van der Waals surface area (Å²) in [4.78, 5) is 24.8. The molecule has 0 bridgehead atoms. The van der Waals surface area contributed by atoms with E-state index in [1.54, 1.807) is 0 Å². The lowest BCUT2D eigenvalue weighted by Gasteiger charge is -2.34. The minimum Gasteiger partial charge on any atom is -0.353 e. The molecule has 0 aliphatic heterocycles. The Morgan fingerprint density at radius 1 is 1.19 bits per heavy atom. The van der Waals surface area contributed by atoms with E-state index in [0.29, 0.717) is 31.1 Å². The summed E-state index contributed by atoms with van der Waals surface area (Å²) in [6.07, 6.45) is 4.76. The molecule has 0 unspecified atom stereocenters. The zero-order chi connectivity index (χ0) is 18.7. The van der Waals surface area contributed by atoms with E-state index >= 15 is 0 Å². The van der Waals surface area contributed by atoms with E-state index in [1.807, 2.05) is 31.2 Å². The van der Waals surface area contributed by atoms with Crippen molar-refractivity contribution >= 4 is 22.7 Å². The number of carbonyl (C=O) groups excluding carboxylic acids is 2. The van der Waals surface area contributed by atoms with Crippen molar-refractivity contribution < 1.29 is 9.59 Å². The van der Waals surface area contributed by atoms with Gasteiger partial charge in [-0.3, -0.25) is 9.59 Å². The molecule has 1 heterocycles. The van der Waals surface area contributed by atoms with Gasteiger partial charge in [-0.05, 0) is 37.7 Å². The standard InChI is InChI=1S/C21H29N3O2/c1-14-8-6-10-18(15(14)2)22-20(25)12-7-13-21(26)24-19-11-5-4-9-17(19)16(3)23-24/h4-5,9,11,14-15,18H,6-8,10,12-13H2,1-3H3,(H,22,25)/t14-,15-,18+/m0/s1. The molecule has 1 aromatic heterocycles. The van der Waals surface area contributed by atoms with Crippen LogP contribution in [0.5, 0.6) is 0 Å². The van der Waals surface area contributed by atoms with Gasteiger partial charge in [0.25, 0.3) is 0 Å². The fraction of sp³-hybridized carbons (Fsp3) is 0.571. The summed E-state index contributed by atoms with van der Waals surface area (Å²) < 4.78 is 1.48. The van der Waals surface area contributed by atoms with E-state index in [-0.39, 0.29) is 17.9 Å². The van der Waals surface area contributed by atoms with E-state index in [4.69, 9.17) is 0 Å². The van der Waals surface area contributed by atoms with Crippen LogP contribution < -0.4 is 5.32 Å². The molecule has 1 aromatic carbocycles. The van der Waals surface area contributed by atoms with Crippen LogP contribution >= 0.6 is 0 Å². The van der Waals surface area contributed by atoms with Gasteiger partial charge >= 0.3 is 0 Å². The maximum Gasteiger partial charge on any atom is 0.247 e. The van der Waals surface area contributed by atoms with Crippen LogP contribution in [0.25, 0.3) is 10.9 Å². The number of hydrogen-bond acceptors (Lipinski definition) is 3. The second kappa shape index (κ2) is 8.02. The average Bonchev–Trinajstić information content (AvgIpc) is 2.96. The van der Waals surface area contributed by atoms with E-state index in [1.165, 1.54) is 17.5 Å². The molecule has 1 aliphatic carbocycles. The molecule has 1 amide bonds. The van der Waals surface area contributed by atoms with Crippen molar-refractivity contribution in [2.75, 3.05) is 0 Å². The number of amides is 1. The van der Waals surface area contributed by atoms with Crippen LogP contribution in [0, 0.1) is 18.8 Å². The van der Waals surface area contributed by atoms with E-state index in [9.17, 15) is 9.59 Å². The summed E-state index contributed by atoms with van der Waals surface area (Å²) in [7, 11) is 0. The second-order valence-corrected chi connectivity index (χ2v) is 7.70. The Balaban J connectivity index is 1.51. The van der Waals surface area contributed by atoms with E-state index < -0.39 is 0 Å². The molecule has 5 nitrogen and oxygen atoms in total. The highest BCUT2D eigenvalue weighted by Gasteiger charge is 2.28. The Morgan fingerprint density at radius 3 is 2.77 bits per heavy atom. The van der Waals surface area contributed by atoms with Gasteiger partial charge in [0.05, 0.1) is 11.2 Å². The van der Waals surface area contributed by atoms with Gasteiger partial charge in [-0.1, -0.05) is 44.9 Å². The summed E-state index contributed by atoms with van der Waals surface area (Å²) in [5, 5.41) is 8.54. The Morgan fingerprint density at radius 2 is 1.96 bits per heavy atom. The SMILES string of the molecule is Cc1nn(C(=O)CCCC(=O)N[C@@H]2CCC[C@H](C)[C@@H]2C)c2ccccc12. The van der Waals surface area contributed by atoms with Crippen LogP contribution in [0.2, 0.25) is 0 Å². The minimum absolute atomic E-state index is 0.0539. The van der Waals surface area contributed by atoms with Crippen molar-refractivity contribution in [3.8, 4) is 0 Å². The topological polar surface area (TPSA) is 64.0 Å². The first-order valence-electron chi connectivity index (χ1n) is 9.74. The minimum atomic E-state index is -0.0539. The quantitative estimate of drug-likeness (QED) is 0.878. The Bertz CT molecular complexity index is 796. The zero-order valence-corrected chi connectivity index (χ0v) is 16.0. The van der Waals surface area contributed by atoms with Crippen LogP contribution in [-0.2, 0) is 4.79 Å². The summed E-state index contributed by atoms with van der Waals surface area (Å²) in [6, 6.07) is 8.02. The molecule has 5 heteroatoms. The molecule has 3 atom stereocenters. The molecule has 0 radical (unpaired) electrons. The lowest BCUT2D eigenvalue weighted by Crippen LogP contribution is -2.43. The monoisotopic (exact) mass is 355 g/mol. The number of hydrogen-bond donors (Lipinski definition) is 1. The van der Waals surface area contributed by atoms with Gasteiger partial charge < -0.3 is 5.32 Å².